The number of halogens is 2. The minimum absolute atomic E-state index is 0.137. The molecule has 5 rings (SSSR count). The normalized spacial score (nSPS) is 14.7. The number of hydrogen-bond acceptors (Lipinski definition) is 8. The molecular weight excluding hydrogens is 589 g/mol. The lowest BCUT2D eigenvalue weighted by molar-refractivity contribution is -0.137. The van der Waals surface area contributed by atoms with Crippen LogP contribution in [-0.2, 0) is 19.1 Å². The monoisotopic (exact) mass is 613 g/mol. The Labute approximate surface area is 250 Å². The molecule has 2 aliphatic rings. The van der Waals surface area contributed by atoms with Gasteiger partial charge in [0.05, 0.1) is 18.5 Å². The van der Waals surface area contributed by atoms with Gasteiger partial charge in [-0.05, 0) is 74.6 Å². The van der Waals surface area contributed by atoms with Gasteiger partial charge in [0.1, 0.15) is 10.0 Å². The standard InChI is InChI=1S/C19H17Cl2NO4.C9H8N4OS/c1-2-26-19(25)16(21)10-11-9-12(7-8-15(11)20)22-17(23)13-5-3-4-6-14(13)18(22)24;14-9(12-8-6-10-13-15-8)11-7-4-2-1-3-5-7/h7-10H,2-6H2,1H3;1-6H,(H2,11,12,14)/b16-10-;. The van der Waals surface area contributed by atoms with Gasteiger partial charge in [0.15, 0.2) is 0 Å². The predicted octanol–water partition coefficient (Wildman–Crippen LogP) is 6.41. The molecule has 0 bridgehead atoms. The number of amides is 4. The van der Waals surface area contributed by atoms with Crippen molar-refractivity contribution in [1.82, 2.24) is 9.59 Å². The molecule has 0 atom stereocenters. The molecule has 10 nitrogen and oxygen atoms in total. The Morgan fingerprint density at radius 3 is 2.34 bits per heavy atom. The Bertz CT molecular complexity index is 1480. The van der Waals surface area contributed by atoms with Gasteiger partial charge in [-0.3, -0.25) is 14.9 Å². The first-order valence-corrected chi connectivity index (χ1v) is 14.2. The van der Waals surface area contributed by atoms with Gasteiger partial charge in [0, 0.05) is 33.4 Å². The van der Waals surface area contributed by atoms with Gasteiger partial charge in [-0.25, -0.2) is 14.5 Å². The molecule has 0 unspecified atom stereocenters. The zero-order chi connectivity index (χ0) is 29.4. The number of rotatable bonds is 6. The van der Waals surface area contributed by atoms with Crippen LogP contribution >= 0.6 is 34.7 Å². The maximum absolute atomic E-state index is 12.7. The average molecular weight is 615 g/mol. The molecule has 0 spiro atoms. The molecule has 13 heteroatoms. The van der Waals surface area contributed by atoms with Crippen molar-refractivity contribution >= 4 is 81.0 Å². The summed E-state index contributed by atoms with van der Waals surface area (Å²) >= 11 is 13.3. The topological polar surface area (TPSA) is 131 Å². The molecule has 4 amide bonds. The summed E-state index contributed by atoms with van der Waals surface area (Å²) in [5, 5.41) is 9.72. The van der Waals surface area contributed by atoms with Crippen LogP contribution in [0.4, 0.5) is 21.2 Å². The van der Waals surface area contributed by atoms with Gasteiger partial charge in [-0.15, -0.1) is 5.10 Å². The van der Waals surface area contributed by atoms with Crippen molar-refractivity contribution in [2.45, 2.75) is 32.6 Å². The third-order valence-electron chi connectivity index (χ3n) is 6.01. The number of esters is 1. The SMILES string of the molecule is CCOC(=O)/C(Cl)=C/c1cc(N2C(=O)C3=C(CCCC3)C2=O)ccc1Cl.O=C(Nc1ccccc1)Nc1cnns1. The number of para-hydroxylation sites is 1. The number of carbonyl (C=O) groups is 4. The highest BCUT2D eigenvalue weighted by atomic mass is 35.5. The van der Waals surface area contributed by atoms with E-state index in [1.54, 1.807) is 25.1 Å². The number of anilines is 3. The molecule has 212 valence electrons. The highest BCUT2D eigenvalue weighted by Crippen LogP contribution is 2.37. The zero-order valence-corrected chi connectivity index (χ0v) is 24.2. The molecule has 41 heavy (non-hydrogen) atoms. The number of benzene rings is 2. The summed E-state index contributed by atoms with van der Waals surface area (Å²) in [6.45, 7) is 1.87. The van der Waals surface area contributed by atoms with Crippen molar-refractivity contribution in [3.05, 3.63) is 81.5 Å². The predicted molar refractivity (Wildman–Crippen MR) is 159 cm³/mol. The fourth-order valence-electron chi connectivity index (χ4n) is 4.17. The van der Waals surface area contributed by atoms with E-state index in [1.165, 1.54) is 17.2 Å². The van der Waals surface area contributed by atoms with E-state index in [-0.39, 0.29) is 29.5 Å². The van der Waals surface area contributed by atoms with Crippen molar-refractivity contribution in [1.29, 1.82) is 0 Å². The second-order valence-electron chi connectivity index (χ2n) is 8.76. The number of hydrogen-bond donors (Lipinski definition) is 2. The largest absolute Gasteiger partial charge is 0.462 e. The van der Waals surface area contributed by atoms with E-state index in [1.807, 2.05) is 30.3 Å². The summed E-state index contributed by atoms with van der Waals surface area (Å²) in [7, 11) is 0. The van der Waals surface area contributed by atoms with Crippen LogP contribution < -0.4 is 15.5 Å². The lowest BCUT2D eigenvalue weighted by atomic mass is 9.93. The summed E-state index contributed by atoms with van der Waals surface area (Å²) in [5.41, 5.74) is 2.79. The van der Waals surface area contributed by atoms with E-state index >= 15 is 0 Å². The quantitative estimate of drug-likeness (QED) is 0.186. The van der Waals surface area contributed by atoms with E-state index in [9.17, 15) is 19.2 Å². The maximum atomic E-state index is 12.7. The molecule has 0 fully saturated rings. The van der Waals surface area contributed by atoms with Crippen LogP contribution in [0.2, 0.25) is 5.02 Å². The molecule has 1 aromatic heterocycles. The van der Waals surface area contributed by atoms with Gasteiger partial charge < -0.3 is 10.1 Å². The molecule has 2 heterocycles. The van der Waals surface area contributed by atoms with E-state index < -0.39 is 5.97 Å². The minimum Gasteiger partial charge on any atom is -0.462 e. The number of nitrogens with zero attached hydrogens (tertiary/aromatic N) is 3. The molecule has 0 radical (unpaired) electrons. The Balaban J connectivity index is 0.000000218. The Kier molecular flexibility index (Phi) is 10.2. The fourth-order valence-corrected chi connectivity index (χ4v) is 4.93. The second kappa shape index (κ2) is 14.0. The number of nitrogens with one attached hydrogen (secondary N) is 2. The van der Waals surface area contributed by atoms with Crippen molar-refractivity contribution in [3.8, 4) is 0 Å². The smallest absolute Gasteiger partial charge is 0.349 e. The summed E-state index contributed by atoms with van der Waals surface area (Å²) in [6.07, 6.45) is 5.95. The molecule has 0 saturated carbocycles. The Hall–Kier alpha value is -4.06. The van der Waals surface area contributed by atoms with E-state index in [0.29, 0.717) is 45.3 Å². The summed E-state index contributed by atoms with van der Waals surface area (Å²) in [6, 6.07) is 13.6. The summed E-state index contributed by atoms with van der Waals surface area (Å²) < 4.78 is 8.47. The van der Waals surface area contributed by atoms with Crippen LogP contribution in [0.25, 0.3) is 6.08 Å². The van der Waals surface area contributed by atoms with Crippen LogP contribution in [0.15, 0.2) is 70.9 Å². The molecule has 3 aromatic rings. The van der Waals surface area contributed by atoms with Crippen molar-refractivity contribution in [3.63, 3.8) is 0 Å². The van der Waals surface area contributed by atoms with E-state index in [2.05, 4.69) is 20.2 Å². The number of ether oxygens (including phenoxy) is 1. The third kappa shape index (κ3) is 7.57. The van der Waals surface area contributed by atoms with Crippen LogP contribution in [-0.4, -0.2) is 40.0 Å². The number of imide groups is 1. The summed E-state index contributed by atoms with van der Waals surface area (Å²) in [5.74, 6) is -1.22. The van der Waals surface area contributed by atoms with Crippen LogP contribution in [0.1, 0.15) is 38.2 Å². The molecule has 1 aliphatic carbocycles. The number of urea groups is 1. The minimum atomic E-state index is -0.666. The van der Waals surface area contributed by atoms with Crippen molar-refractivity contribution in [2.75, 3.05) is 22.1 Å². The lowest BCUT2D eigenvalue weighted by Gasteiger charge is -2.16. The van der Waals surface area contributed by atoms with Gasteiger partial charge in [-0.2, -0.15) is 0 Å². The average Bonchev–Trinajstić information content (AvgIpc) is 3.57. The van der Waals surface area contributed by atoms with Gasteiger partial charge in [0.25, 0.3) is 11.8 Å². The van der Waals surface area contributed by atoms with E-state index in [4.69, 9.17) is 27.9 Å². The van der Waals surface area contributed by atoms with Crippen molar-refractivity contribution in [2.24, 2.45) is 0 Å². The maximum Gasteiger partial charge on any atom is 0.349 e. The molecule has 1 aliphatic heterocycles. The van der Waals surface area contributed by atoms with Gasteiger partial charge in [-0.1, -0.05) is 45.9 Å². The molecular formula is C28H25Cl2N5O5S. The first-order valence-electron chi connectivity index (χ1n) is 12.6. The highest BCUT2D eigenvalue weighted by molar-refractivity contribution is 7.10. The number of aromatic nitrogens is 2. The molecule has 2 N–H and O–H groups in total. The van der Waals surface area contributed by atoms with Crippen LogP contribution in [0, 0.1) is 0 Å². The Morgan fingerprint density at radius 1 is 1.05 bits per heavy atom. The van der Waals surface area contributed by atoms with Gasteiger partial charge >= 0.3 is 12.0 Å². The van der Waals surface area contributed by atoms with Crippen molar-refractivity contribution < 1.29 is 23.9 Å². The molecule has 0 saturated heterocycles. The van der Waals surface area contributed by atoms with Crippen LogP contribution in [0.3, 0.4) is 0 Å². The van der Waals surface area contributed by atoms with E-state index in [0.717, 1.165) is 30.1 Å². The lowest BCUT2D eigenvalue weighted by Crippen LogP contribution is -2.31. The highest BCUT2D eigenvalue weighted by Gasteiger charge is 2.39. The first-order chi connectivity index (χ1) is 19.8. The zero-order valence-electron chi connectivity index (χ0n) is 21.9. The third-order valence-corrected chi connectivity index (χ3v) is 7.20. The second-order valence-corrected chi connectivity index (χ2v) is 10.4. The molecule has 2 aromatic carbocycles. The fraction of sp³-hybridized carbons (Fsp3) is 0.214. The number of carbonyl (C=O) groups excluding carboxylic acids is 4. The van der Waals surface area contributed by atoms with Gasteiger partial charge in [0.2, 0.25) is 0 Å². The summed E-state index contributed by atoms with van der Waals surface area (Å²) in [4.78, 5) is 49.6. The van der Waals surface area contributed by atoms with Crippen LogP contribution in [0.5, 0.6) is 0 Å². The Morgan fingerprint density at radius 2 is 1.73 bits per heavy atom. The first kappa shape index (κ1) is 29.9.